The first-order chi connectivity index (χ1) is 13.4. The molecule has 6 heteroatoms. The molecule has 2 aliphatic heterocycles. The summed E-state index contributed by atoms with van der Waals surface area (Å²) in [6.07, 6.45) is 11.1. The Balaban J connectivity index is 1.32. The topological polar surface area (TPSA) is 71.1 Å². The number of carbonyl (C=O) groups excluding carboxylic acids is 2. The molecule has 0 aromatic heterocycles. The van der Waals surface area contributed by atoms with Crippen molar-refractivity contribution >= 4 is 11.6 Å². The number of hydrogen-bond donors (Lipinski definition) is 0. The van der Waals surface area contributed by atoms with Crippen molar-refractivity contribution < 1.29 is 28.5 Å². The molecule has 2 aliphatic carbocycles. The molecule has 28 heavy (non-hydrogen) atoms. The van der Waals surface area contributed by atoms with Gasteiger partial charge in [-0.05, 0) is 39.5 Å². The predicted octanol–water partition coefficient (Wildman–Crippen LogP) is 3.33. The Bertz CT molecular complexity index is 618. The van der Waals surface area contributed by atoms with Gasteiger partial charge in [0.2, 0.25) is 0 Å². The van der Waals surface area contributed by atoms with Crippen LogP contribution >= 0.6 is 0 Å². The zero-order valence-electron chi connectivity index (χ0n) is 17.1. The molecule has 0 bridgehead atoms. The fourth-order valence-corrected chi connectivity index (χ4v) is 5.50. The average Bonchev–Trinajstić information content (AvgIpc) is 3.11. The maximum Gasteiger partial charge on any atom is 0.181 e. The van der Waals surface area contributed by atoms with Crippen LogP contribution in [0.2, 0.25) is 0 Å². The summed E-state index contributed by atoms with van der Waals surface area (Å²) in [6, 6.07) is 0. The third-order valence-corrected chi connectivity index (χ3v) is 7.64. The van der Waals surface area contributed by atoms with E-state index in [4.69, 9.17) is 18.9 Å². The molecule has 4 atom stereocenters. The Morgan fingerprint density at radius 2 is 1.14 bits per heavy atom. The van der Waals surface area contributed by atoms with Crippen molar-refractivity contribution in [1.29, 1.82) is 0 Å². The highest BCUT2D eigenvalue weighted by Crippen LogP contribution is 2.52. The highest BCUT2D eigenvalue weighted by atomic mass is 16.7. The van der Waals surface area contributed by atoms with Crippen LogP contribution in [0.25, 0.3) is 0 Å². The van der Waals surface area contributed by atoms with E-state index in [-0.39, 0.29) is 24.8 Å². The van der Waals surface area contributed by atoms with Crippen LogP contribution in [-0.2, 0) is 28.5 Å². The third-order valence-electron chi connectivity index (χ3n) is 7.64. The van der Waals surface area contributed by atoms with Gasteiger partial charge in [-0.1, -0.05) is 25.0 Å². The van der Waals surface area contributed by atoms with Crippen LogP contribution in [0.3, 0.4) is 0 Å². The molecule has 4 aliphatic rings. The Morgan fingerprint density at radius 3 is 1.57 bits per heavy atom. The number of fused-ring (bicyclic) bond motifs is 2. The Morgan fingerprint density at radius 1 is 0.750 bits per heavy atom. The van der Waals surface area contributed by atoms with Crippen molar-refractivity contribution in [3.8, 4) is 0 Å². The average molecular weight is 392 g/mol. The first-order valence-electron chi connectivity index (χ1n) is 10.7. The van der Waals surface area contributed by atoms with Crippen LogP contribution in [0.4, 0.5) is 0 Å². The van der Waals surface area contributed by atoms with Gasteiger partial charge in [0, 0.05) is 12.8 Å². The van der Waals surface area contributed by atoms with Gasteiger partial charge in [0.1, 0.15) is 13.2 Å². The third kappa shape index (κ3) is 2.92. The summed E-state index contributed by atoms with van der Waals surface area (Å²) >= 11 is 0. The minimum absolute atomic E-state index is 0.149. The standard InChI is InChI=1S/C22H32O6/c1-19-9-3-5-11-21(19,27-15-17(19)23)25-13-7-8-14-26-22-12-6-4-10-20(22,2)18(24)16-28-22/h7-8H,3-6,9-16H2,1-2H3/b8-7-/t19-,20-,21-,22-/m1/s1. The van der Waals surface area contributed by atoms with Gasteiger partial charge in [0.15, 0.2) is 23.1 Å². The summed E-state index contributed by atoms with van der Waals surface area (Å²) in [4.78, 5) is 24.6. The van der Waals surface area contributed by atoms with Crippen LogP contribution in [0, 0.1) is 10.8 Å². The summed E-state index contributed by atoms with van der Waals surface area (Å²) in [5.74, 6) is -1.26. The van der Waals surface area contributed by atoms with E-state index in [0.717, 1.165) is 51.4 Å². The van der Waals surface area contributed by atoms with E-state index in [1.807, 2.05) is 26.0 Å². The predicted molar refractivity (Wildman–Crippen MR) is 102 cm³/mol. The Hall–Kier alpha value is -1.08. The van der Waals surface area contributed by atoms with Gasteiger partial charge < -0.3 is 18.9 Å². The maximum absolute atomic E-state index is 12.3. The van der Waals surface area contributed by atoms with Crippen LogP contribution in [-0.4, -0.2) is 49.6 Å². The van der Waals surface area contributed by atoms with Gasteiger partial charge in [0.25, 0.3) is 0 Å². The Kier molecular flexibility index (Phi) is 5.28. The van der Waals surface area contributed by atoms with Crippen molar-refractivity contribution in [2.75, 3.05) is 26.4 Å². The molecule has 0 aromatic carbocycles. The van der Waals surface area contributed by atoms with E-state index in [2.05, 4.69) is 0 Å². The highest BCUT2D eigenvalue weighted by molar-refractivity contribution is 5.89. The number of Topliss-reactive ketones (excluding diaryl/α,β-unsaturated/α-hetero) is 2. The fourth-order valence-electron chi connectivity index (χ4n) is 5.50. The molecule has 2 heterocycles. The van der Waals surface area contributed by atoms with E-state index >= 15 is 0 Å². The number of carbonyl (C=O) groups is 2. The molecule has 156 valence electrons. The van der Waals surface area contributed by atoms with Crippen LogP contribution in [0.15, 0.2) is 12.2 Å². The van der Waals surface area contributed by atoms with Gasteiger partial charge >= 0.3 is 0 Å². The van der Waals surface area contributed by atoms with Crippen molar-refractivity contribution in [2.45, 2.75) is 76.8 Å². The molecule has 2 saturated carbocycles. The smallest absolute Gasteiger partial charge is 0.181 e. The van der Waals surface area contributed by atoms with E-state index in [1.54, 1.807) is 0 Å². The van der Waals surface area contributed by atoms with E-state index in [9.17, 15) is 9.59 Å². The second kappa shape index (κ2) is 7.31. The maximum atomic E-state index is 12.3. The molecule has 4 rings (SSSR count). The van der Waals surface area contributed by atoms with E-state index < -0.39 is 22.4 Å². The summed E-state index contributed by atoms with van der Waals surface area (Å²) in [5, 5.41) is 0. The van der Waals surface area contributed by atoms with Gasteiger partial charge in [-0.3, -0.25) is 9.59 Å². The van der Waals surface area contributed by atoms with Crippen molar-refractivity contribution in [2.24, 2.45) is 10.8 Å². The largest absolute Gasteiger partial charge is 0.345 e. The molecule has 0 unspecified atom stereocenters. The highest BCUT2D eigenvalue weighted by Gasteiger charge is 2.61. The lowest BCUT2D eigenvalue weighted by Gasteiger charge is -2.44. The zero-order valence-corrected chi connectivity index (χ0v) is 17.1. The van der Waals surface area contributed by atoms with E-state index in [0.29, 0.717) is 13.2 Å². The minimum atomic E-state index is -0.783. The number of hydrogen-bond acceptors (Lipinski definition) is 6. The number of ketones is 2. The van der Waals surface area contributed by atoms with Gasteiger partial charge in [-0.25, -0.2) is 0 Å². The lowest BCUT2D eigenvalue weighted by Crippen LogP contribution is -2.51. The molecule has 0 N–H and O–H groups in total. The van der Waals surface area contributed by atoms with Gasteiger partial charge in [0.05, 0.1) is 24.0 Å². The second-order valence-corrected chi connectivity index (χ2v) is 9.10. The number of ether oxygens (including phenoxy) is 4. The first-order valence-corrected chi connectivity index (χ1v) is 10.7. The first kappa shape index (κ1) is 20.2. The van der Waals surface area contributed by atoms with Crippen molar-refractivity contribution in [3.05, 3.63) is 12.2 Å². The Labute approximate surface area is 166 Å². The van der Waals surface area contributed by atoms with Crippen molar-refractivity contribution in [3.63, 3.8) is 0 Å². The quantitative estimate of drug-likeness (QED) is 0.646. The fraction of sp³-hybridized carbons (Fsp3) is 0.818. The van der Waals surface area contributed by atoms with Crippen molar-refractivity contribution in [1.82, 2.24) is 0 Å². The van der Waals surface area contributed by atoms with Crippen LogP contribution in [0.5, 0.6) is 0 Å². The molecule has 2 saturated heterocycles. The molecule has 6 nitrogen and oxygen atoms in total. The summed E-state index contributed by atoms with van der Waals surface area (Å²) in [5.41, 5.74) is -1.06. The lowest BCUT2D eigenvalue weighted by atomic mass is 9.69. The summed E-state index contributed by atoms with van der Waals surface area (Å²) < 4.78 is 23.9. The normalized spacial score (nSPS) is 43.5. The molecule has 0 spiro atoms. The molecule has 4 fully saturated rings. The molecule has 0 amide bonds. The minimum Gasteiger partial charge on any atom is -0.345 e. The molecule has 0 radical (unpaired) electrons. The summed E-state index contributed by atoms with van der Waals surface area (Å²) in [6.45, 7) is 5.00. The molecule has 0 aromatic rings. The van der Waals surface area contributed by atoms with Gasteiger partial charge in [-0.2, -0.15) is 0 Å². The van der Waals surface area contributed by atoms with Crippen LogP contribution in [0.1, 0.15) is 65.2 Å². The van der Waals surface area contributed by atoms with Crippen LogP contribution < -0.4 is 0 Å². The van der Waals surface area contributed by atoms with E-state index in [1.165, 1.54) is 0 Å². The molecular formula is C22H32O6. The second-order valence-electron chi connectivity index (χ2n) is 9.10. The monoisotopic (exact) mass is 392 g/mol. The van der Waals surface area contributed by atoms with Gasteiger partial charge in [-0.15, -0.1) is 0 Å². The molecular weight excluding hydrogens is 360 g/mol. The SMILES string of the molecule is C[C@]12CCCC[C@@]1(OC/C=C\CO[C@@]13CCCC[C@]1(C)C(=O)CO3)OCC2=O. The zero-order chi connectivity index (χ0) is 19.9. The number of rotatable bonds is 6. The lowest BCUT2D eigenvalue weighted by molar-refractivity contribution is -0.265. The summed E-state index contributed by atoms with van der Waals surface area (Å²) in [7, 11) is 0.